The Labute approximate surface area is 342 Å². The summed E-state index contributed by atoms with van der Waals surface area (Å²) < 4.78 is 96.1. The minimum Gasteiger partial charge on any atom is -0.466 e. The lowest BCUT2D eigenvalue weighted by atomic mass is 9.50. The molecule has 0 aromatic rings. The molecule has 332 valence electrons. The zero-order valence-electron chi connectivity index (χ0n) is 34.7. The van der Waals surface area contributed by atoms with Gasteiger partial charge in [0.05, 0.1) is 7.11 Å². The number of carbonyl (C=O) groups excluding carboxylic acids is 4. The largest absolute Gasteiger partial charge is 0.466 e. The Kier molecular flexibility index (Phi) is 13.9. The summed E-state index contributed by atoms with van der Waals surface area (Å²) in [5, 5.41) is 9.12. The summed E-state index contributed by atoms with van der Waals surface area (Å²) in [6, 6.07) is 0. The summed E-state index contributed by atoms with van der Waals surface area (Å²) >= 11 is 0. The van der Waals surface area contributed by atoms with Crippen LogP contribution in [0, 0.1) is 59.2 Å². The molecule has 1 N–H and O–H groups in total. The van der Waals surface area contributed by atoms with Gasteiger partial charge >= 0.3 is 36.2 Å². The zero-order chi connectivity index (χ0) is 44.0. The maximum absolute atomic E-state index is 12.5. The molecule has 9 aliphatic rings. The van der Waals surface area contributed by atoms with Crippen LogP contribution >= 0.6 is 0 Å². The molecule has 8 aliphatic carbocycles. The van der Waals surface area contributed by atoms with E-state index in [2.05, 4.69) is 31.4 Å². The average molecular weight is 847 g/mol. The van der Waals surface area contributed by atoms with Gasteiger partial charge in [0.2, 0.25) is 0 Å². The van der Waals surface area contributed by atoms with Crippen LogP contribution in [0.5, 0.6) is 0 Å². The topological polar surface area (TPSA) is 125 Å². The Bertz CT molecular complexity index is 1610. The molecule has 0 spiro atoms. The number of rotatable bonds is 7. The van der Waals surface area contributed by atoms with Crippen LogP contribution in [-0.4, -0.2) is 71.9 Å². The van der Waals surface area contributed by atoms with E-state index in [1.165, 1.54) is 39.2 Å². The van der Waals surface area contributed by atoms with Gasteiger partial charge in [0.1, 0.15) is 17.8 Å². The highest BCUT2D eigenvalue weighted by molar-refractivity contribution is 5.88. The first-order valence-electron chi connectivity index (χ1n) is 20.8. The smallest absolute Gasteiger partial charge is 0.426 e. The van der Waals surface area contributed by atoms with Gasteiger partial charge in [0.25, 0.3) is 5.60 Å². The summed E-state index contributed by atoms with van der Waals surface area (Å²) in [7, 11) is 1.33. The number of ether oxygens (including phenoxy) is 4. The van der Waals surface area contributed by atoms with Crippen LogP contribution in [0.3, 0.4) is 0 Å². The second-order valence-electron chi connectivity index (χ2n) is 18.9. The van der Waals surface area contributed by atoms with Crippen LogP contribution in [0.4, 0.5) is 26.3 Å². The zero-order valence-corrected chi connectivity index (χ0v) is 34.7. The Morgan fingerprint density at radius 1 is 0.729 bits per heavy atom. The molecule has 15 heteroatoms. The minimum atomic E-state index is -5.67. The van der Waals surface area contributed by atoms with Gasteiger partial charge in [-0.1, -0.05) is 26.2 Å². The summed E-state index contributed by atoms with van der Waals surface area (Å²) in [6.07, 6.45) is -1.33. The van der Waals surface area contributed by atoms with Crippen LogP contribution < -0.4 is 0 Å². The number of halogens is 6. The molecule has 9 rings (SSSR count). The Morgan fingerprint density at radius 2 is 1.27 bits per heavy atom. The van der Waals surface area contributed by atoms with Gasteiger partial charge in [-0.2, -0.15) is 26.3 Å². The normalized spacial score (nSPS) is 36.7. The predicted octanol–water partition coefficient (Wildman–Crippen LogP) is 9.17. The molecule has 0 aromatic heterocycles. The lowest BCUT2D eigenvalue weighted by Crippen LogP contribution is -2.58. The van der Waals surface area contributed by atoms with Crippen LogP contribution in [0.15, 0.2) is 36.5 Å². The quantitative estimate of drug-likeness (QED) is 0.116. The maximum atomic E-state index is 12.5. The molecule has 9 nitrogen and oxygen atoms in total. The summed E-state index contributed by atoms with van der Waals surface area (Å²) in [4.78, 5) is 45.0. The number of alkyl halides is 6. The van der Waals surface area contributed by atoms with Crippen LogP contribution in [0.2, 0.25) is 0 Å². The van der Waals surface area contributed by atoms with E-state index < -0.39 is 30.3 Å². The van der Waals surface area contributed by atoms with E-state index in [1.807, 2.05) is 0 Å². The van der Waals surface area contributed by atoms with Crippen molar-refractivity contribution in [3.05, 3.63) is 36.5 Å². The van der Waals surface area contributed by atoms with Crippen molar-refractivity contribution in [1.82, 2.24) is 0 Å². The molecule has 9 fully saturated rings. The van der Waals surface area contributed by atoms with Crippen molar-refractivity contribution in [1.29, 1.82) is 0 Å². The molecule has 1 saturated heterocycles. The van der Waals surface area contributed by atoms with Crippen LogP contribution in [-0.2, 0) is 38.1 Å². The van der Waals surface area contributed by atoms with Crippen molar-refractivity contribution in [3.8, 4) is 0 Å². The molecule has 1 heterocycles. The third kappa shape index (κ3) is 9.90. The molecular formula is C44H60F6O9. The Balaban J connectivity index is 0.000000156. The fourth-order valence-corrected chi connectivity index (χ4v) is 11.7. The molecule has 1 aliphatic heterocycles. The van der Waals surface area contributed by atoms with E-state index in [-0.39, 0.29) is 53.5 Å². The molecular weight excluding hydrogens is 786 g/mol. The Hall–Kier alpha value is -3.36. The highest BCUT2D eigenvalue weighted by Crippen LogP contribution is 2.60. The van der Waals surface area contributed by atoms with E-state index in [4.69, 9.17) is 19.3 Å². The molecule has 0 radical (unpaired) electrons. The summed E-state index contributed by atoms with van der Waals surface area (Å²) in [5.41, 5.74) is -3.41. The second-order valence-corrected chi connectivity index (χ2v) is 18.9. The number of hydrogen-bond donors (Lipinski definition) is 1. The highest BCUT2D eigenvalue weighted by atomic mass is 19.4. The molecule has 8 saturated carbocycles. The lowest BCUT2D eigenvalue weighted by molar-refractivity contribution is -0.373. The lowest BCUT2D eigenvalue weighted by Gasteiger charge is -2.59. The third-order valence-corrected chi connectivity index (χ3v) is 14.6. The van der Waals surface area contributed by atoms with Crippen molar-refractivity contribution in [2.75, 3.05) is 7.11 Å². The van der Waals surface area contributed by atoms with E-state index in [9.17, 15) is 45.5 Å². The van der Waals surface area contributed by atoms with E-state index >= 15 is 0 Å². The number of carbonyl (C=O) groups is 4. The monoisotopic (exact) mass is 846 g/mol. The predicted molar refractivity (Wildman–Crippen MR) is 203 cm³/mol. The molecule has 0 amide bonds. The van der Waals surface area contributed by atoms with Crippen molar-refractivity contribution < 1.29 is 69.6 Å². The second kappa shape index (κ2) is 17.6. The fraction of sp³-hybridized carbons (Fsp3) is 0.773. The average Bonchev–Trinajstić information content (AvgIpc) is 3.93. The molecule has 0 aromatic carbocycles. The van der Waals surface area contributed by atoms with Gasteiger partial charge in [0.15, 0.2) is 0 Å². The van der Waals surface area contributed by atoms with E-state index in [0.29, 0.717) is 72.0 Å². The molecule has 8 bridgehead atoms. The van der Waals surface area contributed by atoms with Crippen molar-refractivity contribution in [3.63, 3.8) is 0 Å². The van der Waals surface area contributed by atoms with Crippen LogP contribution in [0.1, 0.15) is 111 Å². The number of hydrogen-bond acceptors (Lipinski definition) is 9. The van der Waals surface area contributed by atoms with Gasteiger partial charge in [-0.25, -0.2) is 14.4 Å². The maximum Gasteiger partial charge on any atom is 0.426 e. The van der Waals surface area contributed by atoms with Gasteiger partial charge in [0, 0.05) is 35.0 Å². The summed E-state index contributed by atoms with van der Waals surface area (Å²) in [5.74, 6) is 2.66. The van der Waals surface area contributed by atoms with Crippen LogP contribution in [0.25, 0.3) is 0 Å². The number of fused-ring (bicyclic) bond motifs is 3. The van der Waals surface area contributed by atoms with Gasteiger partial charge in [-0.15, -0.1) is 0 Å². The number of aliphatic hydroxyl groups is 1. The minimum absolute atomic E-state index is 0.0915. The van der Waals surface area contributed by atoms with E-state index in [0.717, 1.165) is 31.1 Å². The van der Waals surface area contributed by atoms with Crippen molar-refractivity contribution >= 4 is 23.9 Å². The fourth-order valence-electron chi connectivity index (χ4n) is 11.7. The van der Waals surface area contributed by atoms with E-state index in [1.54, 1.807) is 20.8 Å². The molecule has 8 atom stereocenters. The van der Waals surface area contributed by atoms with Gasteiger partial charge in [-0.3, -0.25) is 4.79 Å². The highest BCUT2D eigenvalue weighted by Gasteiger charge is 2.71. The first-order chi connectivity index (χ1) is 27.3. The molecule has 59 heavy (non-hydrogen) atoms. The molecule has 8 unspecified atom stereocenters. The Morgan fingerprint density at radius 3 is 1.69 bits per heavy atom. The SMILES string of the molecule is C=C(C)C(=O)OC.C=C(C)C(=O)OC1(C)C2CC3CC(C2)CC1C3.C=C(C)C(=O)OC1C2CC3CC(=O)OC1C3C2.OC(CC1CC2CCC1C2)(C(F)(F)F)C(F)(F)F. The van der Waals surface area contributed by atoms with Gasteiger partial charge in [-0.05, 0) is 146 Å². The van der Waals surface area contributed by atoms with Crippen molar-refractivity contribution in [2.24, 2.45) is 59.2 Å². The third-order valence-electron chi connectivity index (χ3n) is 14.6. The van der Waals surface area contributed by atoms with Crippen molar-refractivity contribution in [2.45, 2.75) is 147 Å². The first-order valence-corrected chi connectivity index (χ1v) is 20.8. The van der Waals surface area contributed by atoms with Gasteiger partial charge < -0.3 is 24.1 Å². The number of methoxy groups -OCH3 is 1. The standard InChI is InChI=1S/C15H22O2.C13H16O4.C11H14F6O.C5H8O2/c1-9(2)14(16)17-15(3)12-5-10-4-11(7-12)8-13(15)6-10;1-6(2)13(15)17-11-8-3-7-5-10(14)16-12(11)9(7)4-8;12-10(13,14)9(18,11(15,16)17)5-8-4-6-1-2-7(8)3-6;1-4(2)5(6)7-3/h10-13H,1,4-8H2,2-3H3;7-9,11-12H,1,3-5H2,2H3;6-8,18H,1-5H2;1H2,2-3H3. The summed E-state index contributed by atoms with van der Waals surface area (Å²) in [6.45, 7) is 17.8. The first kappa shape index (κ1) is 46.7. The number of esters is 4.